The van der Waals surface area contributed by atoms with E-state index in [1.165, 1.54) is 10.6 Å². The van der Waals surface area contributed by atoms with E-state index in [0.29, 0.717) is 22.9 Å². The summed E-state index contributed by atoms with van der Waals surface area (Å²) in [4.78, 5) is 24.1. The van der Waals surface area contributed by atoms with E-state index < -0.39 is 0 Å². The maximum Gasteiger partial charge on any atom is 0.252 e. The molecule has 0 bridgehead atoms. The molecular weight excluding hydrogens is 316 g/mol. The Morgan fingerprint density at radius 2 is 2.17 bits per heavy atom. The van der Waals surface area contributed by atoms with E-state index in [1.54, 1.807) is 31.4 Å². The number of fused-ring (bicyclic) bond motifs is 1. The minimum Gasteiger partial charge on any atom is -0.493 e. The Kier molecular flexibility index (Phi) is 4.39. The summed E-state index contributed by atoms with van der Waals surface area (Å²) in [6, 6.07) is 8.23. The summed E-state index contributed by atoms with van der Waals surface area (Å²) in [7, 11) is 1.65. The van der Waals surface area contributed by atoms with Crippen LogP contribution in [0.5, 0.6) is 5.75 Å². The number of nitrogens with one attached hydrogen (secondary N) is 1. The van der Waals surface area contributed by atoms with Crippen molar-refractivity contribution in [3.05, 3.63) is 63.0 Å². The highest BCUT2D eigenvalue weighted by molar-refractivity contribution is 6.30. The number of halogens is 1. The first-order chi connectivity index (χ1) is 11.0. The highest BCUT2D eigenvalue weighted by atomic mass is 35.5. The van der Waals surface area contributed by atoms with Crippen LogP contribution in [0, 0.1) is 0 Å². The zero-order valence-corrected chi connectivity index (χ0v) is 13.5. The van der Waals surface area contributed by atoms with Gasteiger partial charge in [-0.2, -0.15) is 0 Å². The quantitative estimate of drug-likeness (QED) is 0.919. The first-order valence-electron chi connectivity index (χ1n) is 7.44. The molecule has 0 spiro atoms. The monoisotopic (exact) mass is 332 g/mol. The maximum atomic E-state index is 12.4. The van der Waals surface area contributed by atoms with Gasteiger partial charge in [0.05, 0.1) is 12.6 Å². The summed E-state index contributed by atoms with van der Waals surface area (Å²) in [5, 5.41) is 3.59. The Hall–Kier alpha value is -2.27. The topological polar surface area (TPSA) is 60.3 Å². The summed E-state index contributed by atoms with van der Waals surface area (Å²) in [5.41, 5.74) is 1.05. The normalized spacial score (nSPS) is 16.9. The van der Waals surface area contributed by atoms with Crippen LogP contribution in [0.2, 0.25) is 5.02 Å². The van der Waals surface area contributed by atoms with Crippen molar-refractivity contribution in [1.82, 2.24) is 9.88 Å². The van der Waals surface area contributed by atoms with Crippen LogP contribution in [0.3, 0.4) is 0 Å². The first kappa shape index (κ1) is 15.6. The van der Waals surface area contributed by atoms with Crippen molar-refractivity contribution in [2.24, 2.45) is 7.05 Å². The molecule has 0 aliphatic carbocycles. The van der Waals surface area contributed by atoms with Crippen molar-refractivity contribution in [3.63, 3.8) is 0 Å². The van der Waals surface area contributed by atoms with Gasteiger partial charge in [0.2, 0.25) is 0 Å². The predicted molar refractivity (Wildman–Crippen MR) is 88.1 cm³/mol. The average Bonchev–Trinajstić information content (AvgIpc) is 2.72. The van der Waals surface area contributed by atoms with Crippen molar-refractivity contribution >= 4 is 17.5 Å². The number of ether oxygens (including phenoxy) is 1. The third kappa shape index (κ3) is 3.40. The molecule has 1 N–H and O–H groups in total. The Morgan fingerprint density at radius 1 is 1.35 bits per heavy atom. The average molecular weight is 333 g/mol. The molecule has 1 atom stereocenters. The van der Waals surface area contributed by atoms with E-state index in [1.807, 2.05) is 6.07 Å². The van der Waals surface area contributed by atoms with Crippen LogP contribution >= 0.6 is 11.6 Å². The molecule has 0 radical (unpaired) electrons. The Morgan fingerprint density at radius 3 is 2.96 bits per heavy atom. The summed E-state index contributed by atoms with van der Waals surface area (Å²) in [6.45, 7) is 0.589. The zero-order chi connectivity index (χ0) is 16.4. The molecule has 2 heterocycles. The third-order valence-corrected chi connectivity index (χ3v) is 4.15. The number of rotatable bonds is 2. The van der Waals surface area contributed by atoms with Crippen LogP contribution in [0.15, 0.2) is 41.3 Å². The van der Waals surface area contributed by atoms with Crippen LogP contribution < -0.4 is 15.6 Å². The van der Waals surface area contributed by atoms with E-state index in [0.717, 1.165) is 18.4 Å². The first-order valence-corrected chi connectivity index (χ1v) is 7.82. The number of aryl methyl sites for hydroxylation is 1. The smallest absolute Gasteiger partial charge is 0.252 e. The second kappa shape index (κ2) is 6.46. The number of pyridine rings is 1. The van der Waals surface area contributed by atoms with E-state index >= 15 is 0 Å². The molecule has 1 aliphatic rings. The lowest BCUT2D eigenvalue weighted by atomic mass is 10.0. The van der Waals surface area contributed by atoms with Gasteiger partial charge < -0.3 is 14.6 Å². The number of aromatic nitrogens is 1. The fourth-order valence-electron chi connectivity index (χ4n) is 2.63. The number of carbonyl (C=O) groups excluding carboxylic acids is 1. The lowest BCUT2D eigenvalue weighted by molar-refractivity contribution is 0.0934. The number of hydrogen-bond donors (Lipinski definition) is 1. The zero-order valence-electron chi connectivity index (χ0n) is 12.7. The van der Waals surface area contributed by atoms with Crippen LogP contribution in [-0.2, 0) is 7.05 Å². The van der Waals surface area contributed by atoms with Crippen LogP contribution in [0.4, 0.5) is 0 Å². The molecule has 5 nitrogen and oxygen atoms in total. The molecule has 0 saturated heterocycles. The van der Waals surface area contributed by atoms with Gasteiger partial charge in [0.1, 0.15) is 5.75 Å². The van der Waals surface area contributed by atoms with Crippen molar-refractivity contribution in [2.75, 3.05) is 6.61 Å². The van der Waals surface area contributed by atoms with Crippen LogP contribution in [0.1, 0.15) is 34.8 Å². The summed E-state index contributed by atoms with van der Waals surface area (Å²) < 4.78 is 7.12. The Bertz CT molecular complexity index is 801. The van der Waals surface area contributed by atoms with E-state index in [9.17, 15) is 9.59 Å². The molecule has 3 rings (SSSR count). The molecule has 120 valence electrons. The number of hydrogen-bond acceptors (Lipinski definition) is 3. The Balaban J connectivity index is 1.86. The van der Waals surface area contributed by atoms with E-state index in [-0.39, 0.29) is 17.5 Å². The lowest BCUT2D eigenvalue weighted by Gasteiger charge is -2.18. The third-order valence-electron chi connectivity index (χ3n) is 3.92. The molecule has 2 aromatic rings. The van der Waals surface area contributed by atoms with Crippen molar-refractivity contribution in [3.8, 4) is 5.75 Å². The number of nitrogens with zero attached hydrogens (tertiary/aromatic N) is 1. The largest absolute Gasteiger partial charge is 0.493 e. The molecule has 1 aromatic heterocycles. The van der Waals surface area contributed by atoms with E-state index in [4.69, 9.17) is 16.3 Å². The summed E-state index contributed by atoms with van der Waals surface area (Å²) in [5.74, 6) is 0.430. The van der Waals surface area contributed by atoms with Gasteiger partial charge in [0.25, 0.3) is 11.5 Å². The van der Waals surface area contributed by atoms with Gasteiger partial charge in [-0.3, -0.25) is 9.59 Å². The molecular formula is C17H17ClN2O3. The minimum atomic E-state index is -0.268. The highest BCUT2D eigenvalue weighted by Gasteiger charge is 2.22. The predicted octanol–water partition coefficient (Wildman–Crippen LogP) is 2.68. The van der Waals surface area contributed by atoms with Crippen molar-refractivity contribution in [2.45, 2.75) is 18.9 Å². The molecule has 0 saturated carbocycles. The van der Waals surface area contributed by atoms with Crippen LogP contribution in [0.25, 0.3) is 0 Å². The summed E-state index contributed by atoms with van der Waals surface area (Å²) >= 11 is 6.01. The van der Waals surface area contributed by atoms with Gasteiger partial charge in [0, 0.05) is 35.5 Å². The van der Waals surface area contributed by atoms with Gasteiger partial charge in [-0.1, -0.05) is 17.7 Å². The fourth-order valence-corrected chi connectivity index (χ4v) is 2.79. The lowest BCUT2D eigenvalue weighted by Crippen LogP contribution is -2.29. The van der Waals surface area contributed by atoms with Gasteiger partial charge in [-0.25, -0.2) is 0 Å². The maximum absolute atomic E-state index is 12.4. The van der Waals surface area contributed by atoms with Crippen LogP contribution in [-0.4, -0.2) is 17.1 Å². The molecule has 0 unspecified atom stereocenters. The molecule has 1 amide bonds. The van der Waals surface area contributed by atoms with Crippen molar-refractivity contribution in [1.29, 1.82) is 0 Å². The number of amides is 1. The fraction of sp³-hybridized carbons (Fsp3) is 0.294. The number of benzene rings is 1. The van der Waals surface area contributed by atoms with Gasteiger partial charge in [-0.05, 0) is 31.0 Å². The molecule has 6 heteroatoms. The van der Waals surface area contributed by atoms with Crippen molar-refractivity contribution < 1.29 is 9.53 Å². The standard InChI is InChI=1S/C17H17ClN2O3/c1-20-7-6-11(9-16(20)21)17(22)19-14-3-2-8-23-15-10-12(18)4-5-13(14)15/h4-7,9-10,14H,2-3,8H2,1H3,(H,19,22)/t14-/m1/s1. The second-order valence-corrected chi connectivity index (χ2v) is 6.00. The van der Waals surface area contributed by atoms with Gasteiger partial charge in [-0.15, -0.1) is 0 Å². The Labute approximate surface area is 138 Å². The van der Waals surface area contributed by atoms with E-state index in [2.05, 4.69) is 5.32 Å². The van der Waals surface area contributed by atoms with Gasteiger partial charge in [0.15, 0.2) is 0 Å². The molecule has 1 aliphatic heterocycles. The second-order valence-electron chi connectivity index (χ2n) is 5.56. The molecule has 0 fully saturated rings. The minimum absolute atomic E-state index is 0.165. The summed E-state index contributed by atoms with van der Waals surface area (Å²) in [6.07, 6.45) is 3.18. The van der Waals surface area contributed by atoms with Gasteiger partial charge >= 0.3 is 0 Å². The molecule has 1 aromatic carbocycles. The highest BCUT2D eigenvalue weighted by Crippen LogP contribution is 2.33. The molecule has 23 heavy (non-hydrogen) atoms. The SMILES string of the molecule is Cn1ccc(C(=O)N[C@@H]2CCCOc3cc(Cl)ccc32)cc1=O. The number of carbonyl (C=O) groups is 1.